The maximum atomic E-state index is 5.96. The van der Waals surface area contributed by atoms with Gasteiger partial charge < -0.3 is 4.74 Å². The lowest BCUT2D eigenvalue weighted by molar-refractivity contribution is 0.305. The minimum Gasteiger partial charge on any atom is -0.345 e. The molecule has 0 aliphatic carbocycles. The Morgan fingerprint density at radius 3 is 2.30 bits per heavy atom. The van der Waals surface area contributed by atoms with Crippen molar-refractivity contribution in [2.75, 3.05) is 0 Å². The van der Waals surface area contributed by atoms with E-state index in [4.69, 9.17) is 4.74 Å². The first kappa shape index (κ1) is 13.4. The molecule has 0 spiro atoms. The molecular formula is C18H15BrO. The Labute approximate surface area is 128 Å². The van der Waals surface area contributed by atoms with Crippen LogP contribution in [0, 0.1) is 11.8 Å². The van der Waals surface area contributed by atoms with Crippen LogP contribution in [0.3, 0.4) is 0 Å². The predicted octanol–water partition coefficient (Wildman–Crippen LogP) is 4.50. The van der Waals surface area contributed by atoms with Crippen LogP contribution in [0.4, 0.5) is 0 Å². The smallest absolute Gasteiger partial charge is 0.183 e. The lowest BCUT2D eigenvalue weighted by Crippen LogP contribution is -2.16. The highest BCUT2D eigenvalue weighted by Gasteiger charge is 2.64. The number of epoxide rings is 1. The molecular weight excluding hydrogens is 312 g/mol. The Morgan fingerprint density at radius 1 is 1.00 bits per heavy atom. The first-order valence-electron chi connectivity index (χ1n) is 6.58. The van der Waals surface area contributed by atoms with Gasteiger partial charge in [0.1, 0.15) is 5.60 Å². The lowest BCUT2D eigenvalue weighted by Gasteiger charge is -2.09. The third kappa shape index (κ3) is 2.28. The van der Waals surface area contributed by atoms with Gasteiger partial charge in [-0.2, -0.15) is 0 Å². The summed E-state index contributed by atoms with van der Waals surface area (Å²) in [6, 6.07) is 18.2. The van der Waals surface area contributed by atoms with Crippen molar-refractivity contribution < 1.29 is 4.74 Å². The molecule has 0 amide bonds. The summed E-state index contributed by atoms with van der Waals surface area (Å²) in [6.45, 7) is 4.15. The highest BCUT2D eigenvalue weighted by molar-refractivity contribution is 9.10. The van der Waals surface area contributed by atoms with Crippen molar-refractivity contribution in [3.63, 3.8) is 0 Å². The van der Waals surface area contributed by atoms with Crippen molar-refractivity contribution in [1.82, 2.24) is 0 Å². The fraction of sp³-hybridized carbons (Fsp3) is 0.222. The number of benzene rings is 2. The van der Waals surface area contributed by atoms with Crippen LogP contribution in [-0.4, -0.2) is 5.60 Å². The van der Waals surface area contributed by atoms with Gasteiger partial charge in [-0.1, -0.05) is 58.1 Å². The standard InChI is InChI=1S/C18H15BrO/c1-17(2)18(20-17,15-9-6-10-16(19)13-15)12-11-14-7-4-3-5-8-14/h3-10,13H,1-2H3. The van der Waals surface area contributed by atoms with Crippen LogP contribution < -0.4 is 0 Å². The van der Waals surface area contributed by atoms with Gasteiger partial charge >= 0.3 is 0 Å². The maximum Gasteiger partial charge on any atom is 0.183 e. The molecule has 2 heteroatoms. The second kappa shape index (κ2) is 4.77. The molecule has 1 heterocycles. The second-order valence-electron chi connectivity index (χ2n) is 5.42. The molecule has 1 aliphatic rings. The SMILES string of the molecule is CC1(C)OC1(C#Cc1ccccc1)c1cccc(Br)c1. The van der Waals surface area contributed by atoms with Crippen LogP contribution in [0.1, 0.15) is 25.0 Å². The molecule has 1 aliphatic heterocycles. The molecule has 20 heavy (non-hydrogen) atoms. The summed E-state index contributed by atoms with van der Waals surface area (Å²) in [5.41, 5.74) is 1.34. The number of hydrogen-bond acceptors (Lipinski definition) is 1. The summed E-state index contributed by atoms with van der Waals surface area (Å²) in [4.78, 5) is 0. The van der Waals surface area contributed by atoms with Gasteiger partial charge in [-0.15, -0.1) is 0 Å². The first-order valence-corrected chi connectivity index (χ1v) is 7.37. The van der Waals surface area contributed by atoms with Gasteiger partial charge in [0.2, 0.25) is 0 Å². The van der Waals surface area contributed by atoms with Crippen LogP contribution in [0.2, 0.25) is 0 Å². The van der Waals surface area contributed by atoms with Gasteiger partial charge in [-0.25, -0.2) is 0 Å². The molecule has 0 saturated carbocycles. The summed E-state index contributed by atoms with van der Waals surface area (Å²) >= 11 is 3.51. The maximum absolute atomic E-state index is 5.96. The Morgan fingerprint density at radius 2 is 1.70 bits per heavy atom. The molecule has 3 rings (SSSR count). The zero-order valence-electron chi connectivity index (χ0n) is 11.5. The van der Waals surface area contributed by atoms with Gasteiger partial charge in [-0.05, 0) is 38.1 Å². The zero-order valence-corrected chi connectivity index (χ0v) is 13.1. The third-order valence-electron chi connectivity index (χ3n) is 3.60. The van der Waals surface area contributed by atoms with E-state index >= 15 is 0 Å². The second-order valence-corrected chi connectivity index (χ2v) is 6.34. The van der Waals surface area contributed by atoms with Gasteiger partial charge in [0.25, 0.3) is 0 Å². The fourth-order valence-electron chi connectivity index (χ4n) is 2.40. The fourth-order valence-corrected chi connectivity index (χ4v) is 2.80. The van der Waals surface area contributed by atoms with E-state index in [0.717, 1.165) is 15.6 Å². The quantitative estimate of drug-likeness (QED) is 0.555. The zero-order chi connectivity index (χ0) is 14.2. The van der Waals surface area contributed by atoms with E-state index < -0.39 is 5.60 Å². The molecule has 1 nitrogen and oxygen atoms in total. The number of rotatable bonds is 1. The van der Waals surface area contributed by atoms with E-state index in [9.17, 15) is 0 Å². The van der Waals surface area contributed by atoms with E-state index in [-0.39, 0.29) is 5.60 Å². The van der Waals surface area contributed by atoms with Crippen molar-refractivity contribution in [3.05, 3.63) is 70.2 Å². The van der Waals surface area contributed by atoms with E-state index in [1.54, 1.807) is 0 Å². The topological polar surface area (TPSA) is 12.5 Å². The minimum absolute atomic E-state index is 0.254. The number of hydrogen-bond donors (Lipinski definition) is 0. The number of ether oxygens (including phenoxy) is 1. The van der Waals surface area contributed by atoms with Crippen molar-refractivity contribution >= 4 is 15.9 Å². The monoisotopic (exact) mass is 326 g/mol. The third-order valence-corrected chi connectivity index (χ3v) is 4.10. The first-order chi connectivity index (χ1) is 9.53. The molecule has 0 bridgehead atoms. The number of halogens is 1. The Hall–Kier alpha value is -1.56. The average Bonchev–Trinajstić information content (AvgIpc) is 3.01. The lowest BCUT2D eigenvalue weighted by atomic mass is 9.89. The van der Waals surface area contributed by atoms with Gasteiger partial charge in [0, 0.05) is 15.6 Å². The molecule has 1 fully saturated rings. The van der Waals surface area contributed by atoms with Crippen molar-refractivity contribution in [3.8, 4) is 11.8 Å². The molecule has 1 atom stereocenters. The van der Waals surface area contributed by atoms with E-state index in [1.165, 1.54) is 0 Å². The molecule has 2 aromatic rings. The van der Waals surface area contributed by atoms with Gasteiger partial charge in [0.05, 0.1) is 0 Å². The van der Waals surface area contributed by atoms with Crippen LogP contribution >= 0.6 is 15.9 Å². The van der Waals surface area contributed by atoms with Gasteiger partial charge in [-0.3, -0.25) is 0 Å². The Bertz CT molecular complexity index is 694. The van der Waals surface area contributed by atoms with Crippen molar-refractivity contribution in [1.29, 1.82) is 0 Å². The summed E-state index contributed by atoms with van der Waals surface area (Å²) in [5.74, 6) is 6.56. The predicted molar refractivity (Wildman–Crippen MR) is 84.3 cm³/mol. The molecule has 0 radical (unpaired) electrons. The molecule has 2 aromatic carbocycles. The molecule has 0 aromatic heterocycles. The largest absolute Gasteiger partial charge is 0.345 e. The van der Waals surface area contributed by atoms with Crippen LogP contribution in [0.25, 0.3) is 0 Å². The summed E-state index contributed by atoms with van der Waals surface area (Å²) in [6.07, 6.45) is 0. The Balaban J connectivity index is 2.02. The Kier molecular flexibility index (Phi) is 3.20. The average molecular weight is 327 g/mol. The molecule has 0 N–H and O–H groups in total. The normalized spacial score (nSPS) is 22.8. The molecule has 100 valence electrons. The van der Waals surface area contributed by atoms with Crippen LogP contribution in [-0.2, 0) is 10.3 Å². The van der Waals surface area contributed by atoms with Crippen molar-refractivity contribution in [2.45, 2.75) is 25.0 Å². The molecule has 1 unspecified atom stereocenters. The highest BCUT2D eigenvalue weighted by atomic mass is 79.9. The summed E-state index contributed by atoms with van der Waals surface area (Å²) in [7, 11) is 0. The van der Waals surface area contributed by atoms with Crippen LogP contribution in [0.5, 0.6) is 0 Å². The highest BCUT2D eigenvalue weighted by Crippen LogP contribution is 2.55. The van der Waals surface area contributed by atoms with Crippen LogP contribution in [0.15, 0.2) is 59.1 Å². The summed E-state index contributed by atoms with van der Waals surface area (Å²) < 4.78 is 7.00. The minimum atomic E-state index is -0.507. The summed E-state index contributed by atoms with van der Waals surface area (Å²) in [5, 5.41) is 0. The van der Waals surface area contributed by atoms with E-state index in [0.29, 0.717) is 0 Å². The van der Waals surface area contributed by atoms with Gasteiger partial charge in [0.15, 0.2) is 5.60 Å². The van der Waals surface area contributed by atoms with Crippen molar-refractivity contribution in [2.24, 2.45) is 0 Å². The van der Waals surface area contributed by atoms with E-state index in [1.807, 2.05) is 42.5 Å². The molecule has 1 saturated heterocycles. The van der Waals surface area contributed by atoms with E-state index in [2.05, 4.69) is 53.8 Å².